The highest BCUT2D eigenvalue weighted by atomic mass is 16.6. The number of esters is 1. The van der Waals surface area contributed by atoms with E-state index >= 15 is 0 Å². The van der Waals surface area contributed by atoms with E-state index in [4.69, 9.17) is 9.15 Å². The van der Waals surface area contributed by atoms with Crippen molar-refractivity contribution < 1.29 is 23.7 Å². The number of anilines is 2. The molecule has 1 aromatic heterocycles. The summed E-state index contributed by atoms with van der Waals surface area (Å²) < 4.78 is 10.5. The highest BCUT2D eigenvalue weighted by molar-refractivity contribution is 6.05. The molecule has 1 N–H and O–H groups in total. The molecule has 0 saturated carbocycles. The van der Waals surface area contributed by atoms with Gasteiger partial charge in [-0.2, -0.15) is 0 Å². The number of ether oxygens (including phenoxy) is 1. The molecule has 2 aromatic carbocycles. The molecule has 3 aromatic rings. The van der Waals surface area contributed by atoms with Gasteiger partial charge in [-0.3, -0.25) is 14.9 Å². The summed E-state index contributed by atoms with van der Waals surface area (Å²) in [6, 6.07) is 14.2. The molecule has 182 valence electrons. The molecule has 0 unspecified atom stereocenters. The van der Waals surface area contributed by atoms with Gasteiger partial charge in [0.1, 0.15) is 5.76 Å². The van der Waals surface area contributed by atoms with Crippen molar-refractivity contribution in [3.05, 3.63) is 76.0 Å². The van der Waals surface area contributed by atoms with E-state index < -0.39 is 16.8 Å². The van der Waals surface area contributed by atoms with E-state index in [-0.39, 0.29) is 22.8 Å². The van der Waals surface area contributed by atoms with Gasteiger partial charge in [0, 0.05) is 32.2 Å². The second-order valence-corrected chi connectivity index (χ2v) is 8.04. The number of carbonyl (C=O) groups excluding carboxylic acids is 2. The number of likely N-dealkylation sites (N-methyl/N-ethyl adjacent to an activating group) is 1. The van der Waals surface area contributed by atoms with Crippen LogP contribution in [0.1, 0.15) is 27.8 Å². The first-order valence-electron chi connectivity index (χ1n) is 11.3. The first kappa shape index (κ1) is 24.0. The van der Waals surface area contributed by atoms with Crippen LogP contribution in [0.15, 0.2) is 59.0 Å². The van der Waals surface area contributed by atoms with Crippen LogP contribution in [-0.4, -0.2) is 61.5 Å². The van der Waals surface area contributed by atoms with Gasteiger partial charge in [0.2, 0.25) is 0 Å². The number of carbonyl (C=O) groups is 2. The van der Waals surface area contributed by atoms with Gasteiger partial charge >= 0.3 is 5.97 Å². The minimum Gasteiger partial charge on any atom is -0.465 e. The highest BCUT2D eigenvalue weighted by Crippen LogP contribution is 2.32. The number of furan rings is 1. The van der Waals surface area contributed by atoms with Crippen LogP contribution in [0.3, 0.4) is 0 Å². The van der Waals surface area contributed by atoms with E-state index in [1.807, 2.05) is 0 Å². The summed E-state index contributed by atoms with van der Waals surface area (Å²) in [6.45, 7) is 6.42. The van der Waals surface area contributed by atoms with Gasteiger partial charge in [-0.15, -0.1) is 0 Å². The van der Waals surface area contributed by atoms with E-state index in [9.17, 15) is 19.7 Å². The second kappa shape index (κ2) is 10.4. The fourth-order valence-corrected chi connectivity index (χ4v) is 4.09. The molecule has 0 radical (unpaired) electrons. The van der Waals surface area contributed by atoms with Crippen molar-refractivity contribution in [1.29, 1.82) is 0 Å². The number of rotatable bonds is 7. The molecule has 0 atom stereocenters. The standard InChI is InChI=1S/C25H26N4O6/c1-3-27-12-14-28(15-13-27)21-9-8-17(25(31)34-2)16-19(21)26-24(30)23-11-10-22(35-23)18-6-4-5-7-20(18)29(32)33/h4-11,16H,3,12-15H2,1-2H3,(H,26,30). The van der Waals surface area contributed by atoms with Gasteiger partial charge in [0.05, 0.1) is 34.5 Å². The Morgan fingerprint density at radius 2 is 1.83 bits per heavy atom. The van der Waals surface area contributed by atoms with Crippen molar-refractivity contribution in [3.63, 3.8) is 0 Å². The topological polar surface area (TPSA) is 118 Å². The number of nitro benzene ring substituents is 1. The third-order valence-corrected chi connectivity index (χ3v) is 6.02. The maximum Gasteiger partial charge on any atom is 0.337 e. The van der Waals surface area contributed by atoms with Gasteiger partial charge < -0.3 is 24.3 Å². The molecule has 0 aliphatic carbocycles. The quantitative estimate of drug-likeness (QED) is 0.307. The number of nitrogens with one attached hydrogen (secondary N) is 1. The summed E-state index contributed by atoms with van der Waals surface area (Å²) in [7, 11) is 1.30. The molecule has 1 fully saturated rings. The molecule has 10 heteroatoms. The molecular formula is C25H26N4O6. The summed E-state index contributed by atoms with van der Waals surface area (Å²) in [5.41, 5.74) is 1.70. The number of amides is 1. The SMILES string of the molecule is CCN1CCN(c2ccc(C(=O)OC)cc2NC(=O)c2ccc(-c3ccccc3[N+](=O)[O-])o2)CC1. The van der Waals surface area contributed by atoms with Gasteiger partial charge in [0.25, 0.3) is 11.6 Å². The Hall–Kier alpha value is -4.18. The smallest absolute Gasteiger partial charge is 0.337 e. The van der Waals surface area contributed by atoms with Crippen LogP contribution < -0.4 is 10.2 Å². The van der Waals surface area contributed by atoms with Crippen molar-refractivity contribution in [3.8, 4) is 11.3 Å². The first-order chi connectivity index (χ1) is 16.9. The molecule has 4 rings (SSSR count). The van der Waals surface area contributed by atoms with Crippen LogP contribution >= 0.6 is 0 Å². The lowest BCUT2D eigenvalue weighted by molar-refractivity contribution is -0.384. The minimum atomic E-state index is -0.537. The largest absolute Gasteiger partial charge is 0.465 e. The summed E-state index contributed by atoms with van der Waals surface area (Å²) in [5.74, 6) is -0.852. The van der Waals surface area contributed by atoms with Crippen molar-refractivity contribution in [2.45, 2.75) is 6.92 Å². The second-order valence-electron chi connectivity index (χ2n) is 8.04. The van der Waals surface area contributed by atoms with Gasteiger partial charge in [-0.25, -0.2) is 4.79 Å². The van der Waals surface area contributed by atoms with Crippen molar-refractivity contribution in [1.82, 2.24) is 4.90 Å². The lowest BCUT2D eigenvalue weighted by Crippen LogP contribution is -2.46. The van der Waals surface area contributed by atoms with Crippen molar-refractivity contribution in [2.75, 3.05) is 50.1 Å². The Bertz CT molecular complexity index is 1250. The monoisotopic (exact) mass is 478 g/mol. The van der Waals surface area contributed by atoms with Crippen LogP contribution in [0.4, 0.5) is 17.1 Å². The molecule has 1 aliphatic heterocycles. The Kier molecular flexibility index (Phi) is 7.11. The zero-order chi connectivity index (χ0) is 24.9. The van der Waals surface area contributed by atoms with Crippen LogP contribution in [0.2, 0.25) is 0 Å². The van der Waals surface area contributed by atoms with E-state index in [0.29, 0.717) is 11.3 Å². The third-order valence-electron chi connectivity index (χ3n) is 6.02. The van der Waals surface area contributed by atoms with Crippen molar-refractivity contribution in [2.24, 2.45) is 0 Å². The fourth-order valence-electron chi connectivity index (χ4n) is 4.09. The summed E-state index contributed by atoms with van der Waals surface area (Å²) >= 11 is 0. The average Bonchev–Trinajstić information content (AvgIpc) is 3.39. The minimum absolute atomic E-state index is 0.0108. The number of hydrogen-bond donors (Lipinski definition) is 1. The highest BCUT2D eigenvalue weighted by Gasteiger charge is 2.23. The first-order valence-corrected chi connectivity index (χ1v) is 11.3. The molecular weight excluding hydrogens is 452 g/mol. The van der Waals surface area contributed by atoms with E-state index in [2.05, 4.69) is 22.0 Å². The van der Waals surface area contributed by atoms with Gasteiger partial charge in [-0.05, 0) is 42.9 Å². The van der Waals surface area contributed by atoms with Crippen LogP contribution in [0.5, 0.6) is 0 Å². The number of nitro groups is 1. The zero-order valence-electron chi connectivity index (χ0n) is 19.5. The molecule has 2 heterocycles. The molecule has 1 aliphatic rings. The maximum absolute atomic E-state index is 13.1. The molecule has 10 nitrogen and oxygen atoms in total. The number of hydrogen-bond acceptors (Lipinski definition) is 8. The van der Waals surface area contributed by atoms with Crippen molar-refractivity contribution >= 4 is 28.9 Å². The number of nitrogens with zero attached hydrogens (tertiary/aromatic N) is 3. The molecule has 1 amide bonds. The lowest BCUT2D eigenvalue weighted by Gasteiger charge is -2.36. The molecule has 1 saturated heterocycles. The third kappa shape index (κ3) is 5.17. The Balaban J connectivity index is 1.61. The number of benzene rings is 2. The molecule has 0 spiro atoms. The maximum atomic E-state index is 13.1. The Morgan fingerprint density at radius 1 is 1.09 bits per heavy atom. The predicted octanol–water partition coefficient (Wildman–Crippen LogP) is 4.04. The summed E-state index contributed by atoms with van der Waals surface area (Å²) in [6.07, 6.45) is 0. The predicted molar refractivity (Wildman–Crippen MR) is 131 cm³/mol. The summed E-state index contributed by atoms with van der Waals surface area (Å²) in [5, 5.41) is 14.2. The van der Waals surface area contributed by atoms with Crippen LogP contribution in [0.25, 0.3) is 11.3 Å². The Morgan fingerprint density at radius 3 is 2.51 bits per heavy atom. The van der Waals surface area contributed by atoms with Gasteiger partial charge in [0.15, 0.2) is 5.76 Å². The lowest BCUT2D eigenvalue weighted by atomic mass is 10.1. The van der Waals surface area contributed by atoms with Crippen LogP contribution in [0, 0.1) is 10.1 Å². The zero-order valence-corrected chi connectivity index (χ0v) is 19.5. The molecule has 35 heavy (non-hydrogen) atoms. The average molecular weight is 479 g/mol. The number of para-hydroxylation sites is 1. The molecule has 0 bridgehead atoms. The van der Waals surface area contributed by atoms with E-state index in [1.54, 1.807) is 36.4 Å². The van der Waals surface area contributed by atoms with E-state index in [0.717, 1.165) is 38.4 Å². The number of piperazine rings is 1. The summed E-state index contributed by atoms with van der Waals surface area (Å²) in [4.78, 5) is 40.5. The Labute approximate surface area is 202 Å². The normalized spacial score (nSPS) is 13.9. The number of methoxy groups -OCH3 is 1. The van der Waals surface area contributed by atoms with E-state index in [1.165, 1.54) is 25.3 Å². The fraction of sp³-hybridized carbons (Fsp3) is 0.280. The van der Waals surface area contributed by atoms with Crippen LogP contribution in [-0.2, 0) is 4.74 Å². The van der Waals surface area contributed by atoms with Gasteiger partial charge in [-0.1, -0.05) is 19.1 Å².